The maximum Gasteiger partial charge on any atom is 0.201 e. The van der Waals surface area contributed by atoms with Gasteiger partial charge in [0.1, 0.15) is 17.6 Å². The Labute approximate surface area is 188 Å². The van der Waals surface area contributed by atoms with E-state index in [1.54, 1.807) is 6.08 Å². The molecule has 0 amide bonds. The van der Waals surface area contributed by atoms with Crippen LogP contribution in [-0.4, -0.2) is 22.5 Å². The molecule has 0 N–H and O–H groups in total. The van der Waals surface area contributed by atoms with Crippen LogP contribution in [0.25, 0.3) is 0 Å². The van der Waals surface area contributed by atoms with Gasteiger partial charge in [-0.25, -0.2) is 4.98 Å². The number of ketones is 1. The van der Waals surface area contributed by atoms with Crippen molar-refractivity contribution in [2.24, 2.45) is 11.8 Å². The van der Waals surface area contributed by atoms with Crippen molar-refractivity contribution in [1.29, 1.82) is 0 Å². The quantitative estimate of drug-likeness (QED) is 0.255. The third-order valence-corrected chi connectivity index (χ3v) is 5.98. The van der Waals surface area contributed by atoms with Crippen LogP contribution in [0.1, 0.15) is 82.1 Å². The number of ether oxygens (including phenoxy) is 1. The van der Waals surface area contributed by atoms with E-state index < -0.39 is 0 Å². The molecule has 1 aliphatic heterocycles. The van der Waals surface area contributed by atoms with Gasteiger partial charge in [0.15, 0.2) is 5.78 Å². The number of hydrogen-bond donors (Lipinski definition) is 0. The van der Waals surface area contributed by atoms with Gasteiger partial charge in [-0.1, -0.05) is 27.2 Å². The van der Waals surface area contributed by atoms with Gasteiger partial charge in [0, 0.05) is 39.6 Å². The van der Waals surface area contributed by atoms with Crippen molar-refractivity contribution in [3.63, 3.8) is 0 Å². The van der Waals surface area contributed by atoms with Gasteiger partial charge in [-0.2, -0.15) is 0 Å². The summed E-state index contributed by atoms with van der Waals surface area (Å²) in [5, 5.41) is 0. The molecule has 2 unspecified atom stereocenters. The zero-order valence-corrected chi connectivity index (χ0v) is 19.7. The van der Waals surface area contributed by atoms with Crippen molar-refractivity contribution in [3.8, 4) is 0 Å². The molecule has 1 saturated heterocycles. The average Bonchev–Trinajstić information content (AvgIpc) is 3.05. The zero-order valence-electron chi connectivity index (χ0n) is 16.8. The van der Waals surface area contributed by atoms with E-state index in [0.717, 1.165) is 31.3 Å². The number of Topliss-reactive ketones (excluding diaryl/α,β-unsaturated/α-hetero) is 1. The van der Waals surface area contributed by atoms with E-state index in [1.165, 1.54) is 19.6 Å². The first-order valence-corrected chi connectivity index (χ1v) is 9.90. The fraction of sp³-hybridized carbons (Fsp3) is 0.636. The molecule has 3 aliphatic rings. The van der Waals surface area contributed by atoms with Gasteiger partial charge in [0.05, 0.1) is 12.0 Å². The van der Waals surface area contributed by atoms with Gasteiger partial charge in [0.25, 0.3) is 0 Å². The number of oxazole rings is 1. The number of rotatable bonds is 7. The number of carbonyl (C=O) groups is 1. The van der Waals surface area contributed by atoms with Crippen LogP contribution in [0, 0.1) is 24.5 Å². The second-order valence-corrected chi connectivity index (χ2v) is 7.24. The van der Waals surface area contributed by atoms with Crippen molar-refractivity contribution in [3.05, 3.63) is 42.2 Å². The molecular weight excluding hydrogens is 415 g/mol. The molecule has 1 aromatic heterocycles. The van der Waals surface area contributed by atoms with Gasteiger partial charge in [-0.15, -0.1) is 12.8 Å². The fourth-order valence-corrected chi connectivity index (χ4v) is 4.86. The van der Waals surface area contributed by atoms with Crippen LogP contribution in [0.5, 0.6) is 0 Å². The normalized spacial score (nSPS) is 32.8. The second-order valence-electron chi connectivity index (χ2n) is 7.24. The number of aromatic nitrogens is 1. The Morgan fingerprint density at radius 3 is 2.74 bits per heavy atom. The Balaban J connectivity index is 0.000000844. The van der Waals surface area contributed by atoms with Crippen LogP contribution >= 0.6 is 0 Å². The first-order chi connectivity index (χ1) is 12.6. The van der Waals surface area contributed by atoms with Crippen LogP contribution in [0.15, 0.2) is 22.3 Å². The first kappa shape index (κ1) is 22.7. The maximum absolute atomic E-state index is 11.5. The molecule has 0 bridgehead atoms. The van der Waals surface area contributed by atoms with E-state index in [1.807, 2.05) is 13.8 Å². The Bertz CT molecular complexity index is 710. The third kappa shape index (κ3) is 3.82. The van der Waals surface area contributed by atoms with Crippen LogP contribution in [0.2, 0.25) is 0 Å². The summed E-state index contributed by atoms with van der Waals surface area (Å²) in [4.78, 5) is 16.0. The molecule has 5 heteroatoms. The predicted molar refractivity (Wildman–Crippen MR) is 99.6 cm³/mol. The van der Waals surface area contributed by atoms with Crippen molar-refractivity contribution >= 4 is 5.78 Å². The molecule has 1 spiro atoms. The topological polar surface area (TPSA) is 55.6 Å². The molecule has 2 aliphatic carbocycles. The molecule has 3 fully saturated rings. The Morgan fingerprint density at radius 2 is 2.19 bits per heavy atom. The van der Waals surface area contributed by atoms with E-state index in [-0.39, 0.29) is 50.0 Å². The van der Waals surface area contributed by atoms with Crippen LogP contribution < -0.4 is 0 Å². The number of epoxide rings is 1. The first-order valence-electron chi connectivity index (χ1n) is 9.90. The third-order valence-electron chi connectivity index (χ3n) is 5.98. The predicted octanol–water partition coefficient (Wildman–Crippen LogP) is 5.07. The Kier molecular flexibility index (Phi) is 7.81. The van der Waals surface area contributed by atoms with Crippen LogP contribution in [0.4, 0.5) is 0 Å². The van der Waals surface area contributed by atoms with E-state index in [0.29, 0.717) is 29.5 Å². The molecule has 2 saturated carbocycles. The average molecular weight is 444 g/mol. The van der Waals surface area contributed by atoms with Crippen LogP contribution in [-0.2, 0) is 37.4 Å². The van der Waals surface area contributed by atoms with E-state index in [4.69, 9.17) is 15.7 Å². The molecule has 1 aromatic rings. The molecule has 145 valence electrons. The standard InChI is InChI=1S/C20H23NO3.C2H6.Y/c1-4-6-13(5-2)7-8-14-15-9-10-17-20(15,24-17)18(14)19-21-16(11-23-19)12(3)22;1-2;/h2,5,11,14-15,17-18H,4,6,8-10H2,1,3H3;1-2H3;/q-2;;/t14?,15?,17-,18-,20+;;/m1../s1. The van der Waals surface area contributed by atoms with Crippen molar-refractivity contribution in [1.82, 2.24) is 4.98 Å². The SMILES string of the molecule is CC.[CH-]=CC(=[C-]CC1C2CC[C@H]3O[C@@]23[C@H]1c1nc(C(C)=O)co1)CCC.[Y]. The summed E-state index contributed by atoms with van der Waals surface area (Å²) in [7, 11) is 0. The number of nitrogens with zero attached hydrogens (tertiary/aromatic N) is 1. The van der Waals surface area contributed by atoms with Gasteiger partial charge < -0.3 is 33.5 Å². The minimum absolute atomic E-state index is 0. The molecular formula is C22H29NO3Y-2. The van der Waals surface area contributed by atoms with Gasteiger partial charge >= 0.3 is 0 Å². The smallest absolute Gasteiger partial charge is 0.201 e. The minimum Gasteiger partial charge on any atom is -0.448 e. The van der Waals surface area contributed by atoms with E-state index in [9.17, 15) is 4.79 Å². The summed E-state index contributed by atoms with van der Waals surface area (Å²) < 4.78 is 11.7. The summed E-state index contributed by atoms with van der Waals surface area (Å²) >= 11 is 0. The van der Waals surface area contributed by atoms with Gasteiger partial charge in [-0.05, 0) is 24.7 Å². The number of allylic oxidation sites excluding steroid dienone is 3. The summed E-state index contributed by atoms with van der Waals surface area (Å²) in [6.07, 6.45) is 12.1. The molecule has 4 rings (SSSR count). The summed E-state index contributed by atoms with van der Waals surface area (Å²) in [5.74, 6) is 1.68. The molecule has 2 heterocycles. The van der Waals surface area contributed by atoms with E-state index in [2.05, 4.69) is 18.0 Å². The molecule has 4 nitrogen and oxygen atoms in total. The monoisotopic (exact) mass is 444 g/mol. The van der Waals surface area contributed by atoms with Crippen LogP contribution in [0.3, 0.4) is 0 Å². The van der Waals surface area contributed by atoms with Gasteiger partial charge in [0.2, 0.25) is 5.89 Å². The zero-order chi connectivity index (χ0) is 18.9. The summed E-state index contributed by atoms with van der Waals surface area (Å²) in [5.41, 5.74) is 1.41. The molecule has 1 radical (unpaired) electrons. The Morgan fingerprint density at radius 1 is 1.44 bits per heavy atom. The van der Waals surface area contributed by atoms with Crippen molar-refractivity contribution in [2.45, 2.75) is 77.4 Å². The second kappa shape index (κ2) is 9.28. The number of hydrogen-bond acceptors (Lipinski definition) is 4. The molecule has 0 aromatic carbocycles. The fourth-order valence-electron chi connectivity index (χ4n) is 4.86. The largest absolute Gasteiger partial charge is 0.448 e. The summed E-state index contributed by atoms with van der Waals surface area (Å²) in [6.45, 7) is 13.4. The van der Waals surface area contributed by atoms with Crippen molar-refractivity contribution in [2.75, 3.05) is 0 Å². The van der Waals surface area contributed by atoms with E-state index >= 15 is 0 Å². The van der Waals surface area contributed by atoms with Gasteiger partial charge in [-0.3, -0.25) is 4.79 Å². The summed E-state index contributed by atoms with van der Waals surface area (Å²) in [6, 6.07) is 0. The molecule has 27 heavy (non-hydrogen) atoms. The minimum atomic E-state index is -0.0807. The van der Waals surface area contributed by atoms with Crippen molar-refractivity contribution < 1.29 is 46.7 Å². The Hall–Kier alpha value is -0.576. The maximum atomic E-state index is 11.5. The molecule has 5 atom stereocenters. The number of carbonyl (C=O) groups excluding carboxylic acids is 1.